The molecule has 32 heavy (non-hydrogen) atoms. The number of carbonyl (C=O) groups excluding carboxylic acids is 2. The van der Waals surface area contributed by atoms with Gasteiger partial charge in [-0.05, 0) is 42.0 Å². The van der Waals surface area contributed by atoms with Crippen LogP contribution >= 0.6 is 0 Å². The molecule has 168 valence electrons. The van der Waals surface area contributed by atoms with Crippen molar-refractivity contribution in [3.8, 4) is 11.1 Å². The van der Waals surface area contributed by atoms with Gasteiger partial charge in [0, 0.05) is 18.5 Å². The largest absolute Gasteiger partial charge is 0.480 e. The number of rotatable bonds is 8. The highest BCUT2D eigenvalue weighted by atomic mass is 16.5. The van der Waals surface area contributed by atoms with Gasteiger partial charge in [0.25, 0.3) is 0 Å². The number of carboxylic acids is 1. The molecule has 2 aromatic carbocycles. The molecule has 2 unspecified atom stereocenters. The molecule has 0 spiro atoms. The van der Waals surface area contributed by atoms with Gasteiger partial charge in [-0.25, -0.2) is 9.59 Å². The molecule has 1 saturated carbocycles. The Morgan fingerprint density at radius 2 is 1.59 bits per heavy atom. The SMILES string of the molecule is CC(CNC(=O)OCC1c2ccccc2-c2ccccc21)C(=O)N(C1CC1)C(C)C(=O)O. The second-order valence-electron chi connectivity index (χ2n) is 8.60. The zero-order valence-electron chi connectivity index (χ0n) is 18.3. The Bertz CT molecular complexity index is 987. The molecule has 2 N–H and O–H groups in total. The number of hydrogen-bond donors (Lipinski definition) is 2. The van der Waals surface area contributed by atoms with E-state index >= 15 is 0 Å². The number of hydrogen-bond acceptors (Lipinski definition) is 4. The minimum Gasteiger partial charge on any atom is -0.480 e. The summed E-state index contributed by atoms with van der Waals surface area (Å²) in [5.74, 6) is -1.87. The fraction of sp³-hybridized carbons (Fsp3) is 0.400. The number of nitrogens with zero attached hydrogens (tertiary/aromatic N) is 1. The van der Waals surface area contributed by atoms with Crippen molar-refractivity contribution in [3.63, 3.8) is 0 Å². The van der Waals surface area contributed by atoms with Crippen molar-refractivity contribution in [2.45, 2.75) is 44.7 Å². The summed E-state index contributed by atoms with van der Waals surface area (Å²) in [6.45, 7) is 3.50. The lowest BCUT2D eigenvalue weighted by molar-refractivity contribution is -0.151. The van der Waals surface area contributed by atoms with E-state index in [1.807, 2.05) is 24.3 Å². The lowest BCUT2D eigenvalue weighted by atomic mass is 9.98. The number of carbonyl (C=O) groups is 3. The number of alkyl carbamates (subject to hydrolysis) is 1. The van der Waals surface area contributed by atoms with E-state index in [-0.39, 0.29) is 31.0 Å². The first-order valence-corrected chi connectivity index (χ1v) is 11.0. The molecule has 0 saturated heterocycles. The van der Waals surface area contributed by atoms with E-state index < -0.39 is 24.0 Å². The molecule has 7 nitrogen and oxygen atoms in total. The molecule has 0 heterocycles. The van der Waals surface area contributed by atoms with Crippen molar-refractivity contribution in [2.24, 2.45) is 5.92 Å². The van der Waals surface area contributed by atoms with Gasteiger partial charge >= 0.3 is 12.1 Å². The average Bonchev–Trinajstić information content (AvgIpc) is 3.58. The summed E-state index contributed by atoms with van der Waals surface area (Å²) in [5, 5.41) is 12.0. The molecule has 0 radical (unpaired) electrons. The van der Waals surface area contributed by atoms with Crippen LogP contribution in [0, 0.1) is 5.92 Å². The third-order valence-corrected chi connectivity index (χ3v) is 6.29. The predicted molar refractivity (Wildman–Crippen MR) is 119 cm³/mol. The molecular weight excluding hydrogens is 408 g/mol. The van der Waals surface area contributed by atoms with Crippen LogP contribution in [0.2, 0.25) is 0 Å². The number of carboxylic acid groups (broad SMARTS) is 1. The van der Waals surface area contributed by atoms with Gasteiger partial charge in [-0.3, -0.25) is 4.79 Å². The second kappa shape index (κ2) is 9.02. The number of benzene rings is 2. The zero-order chi connectivity index (χ0) is 22.8. The molecule has 2 amide bonds. The first kappa shape index (κ1) is 21.9. The Labute approximate surface area is 187 Å². The van der Waals surface area contributed by atoms with Gasteiger partial charge in [-0.2, -0.15) is 0 Å². The third kappa shape index (κ3) is 4.33. The standard InChI is InChI=1S/C25H28N2O5/c1-15(23(28)27(17-11-12-17)16(2)24(29)30)13-26-25(31)32-14-22-20-9-5-3-7-18(20)19-8-4-6-10-21(19)22/h3-10,15-17,22H,11-14H2,1-2H3,(H,26,31)(H,29,30). The molecular formula is C25H28N2O5. The quantitative estimate of drug-likeness (QED) is 0.659. The van der Waals surface area contributed by atoms with Gasteiger partial charge in [0.05, 0.1) is 5.92 Å². The summed E-state index contributed by atoms with van der Waals surface area (Å²) in [6.07, 6.45) is 1.04. The maximum Gasteiger partial charge on any atom is 0.407 e. The first-order chi connectivity index (χ1) is 15.4. The van der Waals surface area contributed by atoms with E-state index in [0.717, 1.165) is 35.1 Å². The molecule has 0 aromatic heterocycles. The van der Waals surface area contributed by atoms with Crippen molar-refractivity contribution in [2.75, 3.05) is 13.2 Å². The van der Waals surface area contributed by atoms with E-state index in [4.69, 9.17) is 4.74 Å². The van der Waals surface area contributed by atoms with E-state index in [0.29, 0.717) is 0 Å². The van der Waals surface area contributed by atoms with Crippen molar-refractivity contribution in [1.82, 2.24) is 10.2 Å². The normalized spacial score (nSPS) is 16.4. The molecule has 2 aliphatic carbocycles. The van der Waals surface area contributed by atoms with Crippen LogP contribution < -0.4 is 5.32 Å². The Hall–Kier alpha value is -3.35. The molecule has 7 heteroatoms. The number of ether oxygens (including phenoxy) is 1. The average molecular weight is 437 g/mol. The van der Waals surface area contributed by atoms with Crippen LogP contribution in [-0.4, -0.2) is 53.2 Å². The fourth-order valence-corrected chi connectivity index (χ4v) is 4.39. The van der Waals surface area contributed by atoms with Crippen LogP contribution in [0.1, 0.15) is 43.7 Å². The number of amides is 2. The van der Waals surface area contributed by atoms with E-state index in [2.05, 4.69) is 29.6 Å². The minimum absolute atomic E-state index is 0.0227. The Morgan fingerprint density at radius 1 is 1.03 bits per heavy atom. The lowest BCUT2D eigenvalue weighted by Gasteiger charge is -2.29. The van der Waals surface area contributed by atoms with Gasteiger partial charge in [-0.1, -0.05) is 55.5 Å². The smallest absolute Gasteiger partial charge is 0.407 e. The van der Waals surface area contributed by atoms with Crippen molar-refractivity contribution >= 4 is 18.0 Å². The summed E-state index contributed by atoms with van der Waals surface area (Å²) >= 11 is 0. The van der Waals surface area contributed by atoms with Crippen LogP contribution in [0.4, 0.5) is 4.79 Å². The van der Waals surface area contributed by atoms with E-state index in [9.17, 15) is 19.5 Å². The highest BCUT2D eigenvalue weighted by molar-refractivity contribution is 5.86. The molecule has 2 aromatic rings. The van der Waals surface area contributed by atoms with Crippen molar-refractivity contribution in [1.29, 1.82) is 0 Å². The second-order valence-corrected chi connectivity index (χ2v) is 8.60. The molecule has 0 bridgehead atoms. The fourth-order valence-electron chi connectivity index (χ4n) is 4.39. The topological polar surface area (TPSA) is 95.9 Å². The van der Waals surface area contributed by atoms with Crippen molar-refractivity contribution in [3.05, 3.63) is 59.7 Å². The molecule has 0 aliphatic heterocycles. The summed E-state index contributed by atoms with van der Waals surface area (Å²) in [5.41, 5.74) is 4.58. The van der Waals surface area contributed by atoms with Crippen LogP contribution in [-0.2, 0) is 14.3 Å². The van der Waals surface area contributed by atoms with E-state index in [1.165, 1.54) is 11.8 Å². The molecule has 1 fully saturated rings. The van der Waals surface area contributed by atoms with Gasteiger partial charge < -0.3 is 20.1 Å². The summed E-state index contributed by atoms with van der Waals surface area (Å²) in [4.78, 5) is 38.0. The number of nitrogens with one attached hydrogen (secondary N) is 1. The lowest BCUT2D eigenvalue weighted by Crippen LogP contribution is -2.48. The molecule has 2 atom stereocenters. The first-order valence-electron chi connectivity index (χ1n) is 11.0. The highest BCUT2D eigenvalue weighted by Gasteiger charge is 2.40. The zero-order valence-corrected chi connectivity index (χ0v) is 18.3. The van der Waals surface area contributed by atoms with Crippen LogP contribution in [0.25, 0.3) is 11.1 Å². The van der Waals surface area contributed by atoms with Gasteiger partial charge in [0.15, 0.2) is 0 Å². The molecule has 4 rings (SSSR count). The van der Waals surface area contributed by atoms with Crippen LogP contribution in [0.15, 0.2) is 48.5 Å². The highest BCUT2D eigenvalue weighted by Crippen LogP contribution is 2.44. The van der Waals surface area contributed by atoms with Crippen LogP contribution in [0.5, 0.6) is 0 Å². The summed E-state index contributed by atoms with van der Waals surface area (Å²) in [6, 6.07) is 15.3. The minimum atomic E-state index is -1.03. The number of aliphatic carboxylic acids is 1. The maximum absolute atomic E-state index is 12.8. The summed E-state index contributed by atoms with van der Waals surface area (Å²) in [7, 11) is 0. The van der Waals surface area contributed by atoms with Crippen molar-refractivity contribution < 1.29 is 24.2 Å². The Kier molecular flexibility index (Phi) is 6.17. The Balaban J connectivity index is 1.33. The van der Waals surface area contributed by atoms with Gasteiger partial charge in [0.2, 0.25) is 5.91 Å². The van der Waals surface area contributed by atoms with Gasteiger partial charge in [0.1, 0.15) is 12.6 Å². The maximum atomic E-state index is 12.8. The summed E-state index contributed by atoms with van der Waals surface area (Å²) < 4.78 is 5.51. The Morgan fingerprint density at radius 3 is 2.12 bits per heavy atom. The predicted octanol–water partition coefficient (Wildman–Crippen LogP) is 3.63. The monoisotopic (exact) mass is 436 g/mol. The van der Waals surface area contributed by atoms with E-state index in [1.54, 1.807) is 6.92 Å². The van der Waals surface area contributed by atoms with Crippen LogP contribution in [0.3, 0.4) is 0 Å². The van der Waals surface area contributed by atoms with Gasteiger partial charge in [-0.15, -0.1) is 0 Å². The third-order valence-electron chi connectivity index (χ3n) is 6.29. The molecule has 2 aliphatic rings. The number of fused-ring (bicyclic) bond motifs is 3.